The summed E-state index contributed by atoms with van der Waals surface area (Å²) >= 11 is 6.13. The number of anilines is 1. The Balaban J connectivity index is 1.45. The molecule has 1 atom stereocenters. The highest BCUT2D eigenvalue weighted by atomic mass is 35.5. The van der Waals surface area contributed by atoms with Gasteiger partial charge < -0.3 is 20.5 Å². The van der Waals surface area contributed by atoms with Crippen LogP contribution in [0.2, 0.25) is 5.02 Å². The maximum atomic E-state index is 13.1. The molecule has 7 nitrogen and oxygen atoms in total. The van der Waals surface area contributed by atoms with Gasteiger partial charge in [0.25, 0.3) is 5.91 Å². The van der Waals surface area contributed by atoms with E-state index in [0.29, 0.717) is 34.6 Å². The average molecular weight is 465 g/mol. The van der Waals surface area contributed by atoms with E-state index in [0.717, 1.165) is 48.4 Å². The van der Waals surface area contributed by atoms with Gasteiger partial charge >= 0.3 is 0 Å². The highest BCUT2D eigenvalue weighted by Crippen LogP contribution is 2.35. The molecule has 1 saturated heterocycles. The summed E-state index contributed by atoms with van der Waals surface area (Å²) in [5, 5.41) is 10.6. The van der Waals surface area contributed by atoms with Crippen LogP contribution in [0.15, 0.2) is 48.7 Å². The highest BCUT2D eigenvalue weighted by molar-refractivity contribution is 6.30. The second kappa shape index (κ2) is 9.09. The smallest absolute Gasteiger partial charge is 0.255 e. The fourth-order valence-corrected chi connectivity index (χ4v) is 4.85. The zero-order valence-electron chi connectivity index (χ0n) is 18.1. The number of nitrogens with zero attached hydrogens (tertiary/aromatic N) is 3. The summed E-state index contributed by atoms with van der Waals surface area (Å²) in [7, 11) is 0. The van der Waals surface area contributed by atoms with Crippen molar-refractivity contribution >= 4 is 23.3 Å². The van der Waals surface area contributed by atoms with Crippen LogP contribution in [0.25, 0.3) is 11.3 Å². The number of ether oxygens (including phenoxy) is 1. The fourth-order valence-electron chi connectivity index (χ4n) is 4.65. The molecule has 0 spiro atoms. The van der Waals surface area contributed by atoms with Gasteiger partial charge in [0.2, 0.25) is 0 Å². The molecule has 8 heteroatoms. The van der Waals surface area contributed by atoms with Gasteiger partial charge in [-0.05, 0) is 48.2 Å². The van der Waals surface area contributed by atoms with Gasteiger partial charge in [-0.3, -0.25) is 4.79 Å². The maximum absolute atomic E-state index is 13.1. The molecule has 0 bridgehead atoms. The van der Waals surface area contributed by atoms with Crippen molar-refractivity contribution in [2.45, 2.75) is 31.3 Å². The van der Waals surface area contributed by atoms with Crippen LogP contribution in [0.1, 0.15) is 52.0 Å². The lowest BCUT2D eigenvalue weighted by atomic mass is 9.96. The highest BCUT2D eigenvalue weighted by Gasteiger charge is 2.33. The molecule has 1 aromatic heterocycles. The molecule has 0 aliphatic carbocycles. The van der Waals surface area contributed by atoms with Crippen molar-refractivity contribution in [3.05, 3.63) is 76.1 Å². The summed E-state index contributed by atoms with van der Waals surface area (Å²) in [4.78, 5) is 24.1. The number of nitrogen functional groups attached to an aromatic ring is 1. The van der Waals surface area contributed by atoms with E-state index in [1.807, 2.05) is 30.3 Å². The maximum Gasteiger partial charge on any atom is 0.255 e. The van der Waals surface area contributed by atoms with Gasteiger partial charge in [-0.25, -0.2) is 9.97 Å². The first-order valence-corrected chi connectivity index (χ1v) is 11.4. The van der Waals surface area contributed by atoms with Gasteiger partial charge in [0.05, 0.1) is 24.5 Å². The van der Waals surface area contributed by atoms with Crippen molar-refractivity contribution in [1.29, 1.82) is 0 Å². The van der Waals surface area contributed by atoms with Gasteiger partial charge in [-0.1, -0.05) is 29.8 Å². The SMILES string of the molecule is Nc1ncc(C2CCOCC2)nc1-c1ccc2c(c1)CN(C(CO)c1cccc(Cl)c1)C2=O. The Kier molecular flexibility index (Phi) is 6.01. The number of nitrogens with two attached hydrogens (primary N) is 1. The van der Waals surface area contributed by atoms with E-state index >= 15 is 0 Å². The second-order valence-corrected chi connectivity index (χ2v) is 8.91. The first-order chi connectivity index (χ1) is 16.0. The molecule has 0 radical (unpaired) electrons. The minimum atomic E-state index is -0.478. The molecule has 1 fully saturated rings. The van der Waals surface area contributed by atoms with Crippen LogP contribution >= 0.6 is 11.6 Å². The summed E-state index contributed by atoms with van der Waals surface area (Å²) in [6.45, 7) is 1.63. The summed E-state index contributed by atoms with van der Waals surface area (Å²) in [6.07, 6.45) is 3.58. The number of carbonyl (C=O) groups excluding carboxylic acids is 1. The van der Waals surface area contributed by atoms with E-state index in [1.165, 1.54) is 0 Å². The summed E-state index contributed by atoms with van der Waals surface area (Å²) in [6, 6.07) is 12.4. The van der Waals surface area contributed by atoms with Crippen LogP contribution in [-0.4, -0.2) is 45.7 Å². The predicted molar refractivity (Wildman–Crippen MR) is 126 cm³/mol. The molecular weight excluding hydrogens is 440 g/mol. The van der Waals surface area contributed by atoms with Crippen LogP contribution in [0.3, 0.4) is 0 Å². The molecule has 2 aliphatic rings. The molecule has 170 valence electrons. The van der Waals surface area contributed by atoms with E-state index in [4.69, 9.17) is 27.1 Å². The fraction of sp³-hybridized carbons (Fsp3) is 0.320. The van der Waals surface area contributed by atoms with Gasteiger partial charge in [-0.2, -0.15) is 0 Å². The number of rotatable bonds is 5. The Morgan fingerprint density at radius 1 is 1.21 bits per heavy atom. The van der Waals surface area contributed by atoms with E-state index in [1.54, 1.807) is 23.2 Å². The van der Waals surface area contributed by atoms with Gasteiger partial charge in [0.1, 0.15) is 11.5 Å². The number of aliphatic hydroxyl groups excluding tert-OH is 1. The zero-order chi connectivity index (χ0) is 22.9. The number of amides is 1. The molecule has 33 heavy (non-hydrogen) atoms. The monoisotopic (exact) mass is 464 g/mol. The molecular formula is C25H25ClN4O3. The molecule has 3 aromatic rings. The molecule has 2 aromatic carbocycles. The summed E-state index contributed by atoms with van der Waals surface area (Å²) in [5.41, 5.74) is 10.8. The van der Waals surface area contributed by atoms with Crippen molar-refractivity contribution < 1.29 is 14.6 Å². The second-order valence-electron chi connectivity index (χ2n) is 8.47. The molecule has 1 amide bonds. The molecule has 5 rings (SSSR count). The summed E-state index contributed by atoms with van der Waals surface area (Å²) in [5.74, 6) is 0.546. The number of hydrogen-bond donors (Lipinski definition) is 2. The third-order valence-corrected chi connectivity index (χ3v) is 6.69. The minimum absolute atomic E-state index is 0.120. The Morgan fingerprint density at radius 3 is 2.79 bits per heavy atom. The topological polar surface area (TPSA) is 102 Å². The van der Waals surface area contributed by atoms with E-state index in [-0.39, 0.29) is 12.5 Å². The number of halogens is 1. The molecule has 1 unspecified atom stereocenters. The van der Waals surface area contributed by atoms with Crippen LogP contribution in [-0.2, 0) is 11.3 Å². The number of carbonyl (C=O) groups is 1. The Morgan fingerprint density at radius 2 is 2.03 bits per heavy atom. The lowest BCUT2D eigenvalue weighted by molar-refractivity contribution is 0.0615. The van der Waals surface area contributed by atoms with Crippen molar-refractivity contribution in [3.8, 4) is 11.3 Å². The first kappa shape index (κ1) is 21.8. The predicted octanol–water partition coefficient (Wildman–Crippen LogP) is 3.96. The van der Waals surface area contributed by atoms with Crippen molar-refractivity contribution in [2.75, 3.05) is 25.6 Å². The molecule has 3 heterocycles. The van der Waals surface area contributed by atoms with Gasteiger partial charge in [0, 0.05) is 41.8 Å². The lowest BCUT2D eigenvalue weighted by Gasteiger charge is -2.26. The lowest BCUT2D eigenvalue weighted by Crippen LogP contribution is -2.31. The third-order valence-electron chi connectivity index (χ3n) is 6.45. The van der Waals surface area contributed by atoms with Crippen LogP contribution in [0.5, 0.6) is 0 Å². The Labute approximate surface area is 197 Å². The van der Waals surface area contributed by atoms with Gasteiger partial charge in [0.15, 0.2) is 0 Å². The number of fused-ring (bicyclic) bond motifs is 1. The average Bonchev–Trinajstić information content (AvgIpc) is 3.16. The Hall–Kier alpha value is -3.00. The number of benzene rings is 2. The van der Waals surface area contributed by atoms with Gasteiger partial charge in [-0.15, -0.1) is 0 Å². The first-order valence-electron chi connectivity index (χ1n) is 11.1. The quantitative estimate of drug-likeness (QED) is 0.592. The van der Waals surface area contributed by atoms with Crippen LogP contribution in [0, 0.1) is 0 Å². The van der Waals surface area contributed by atoms with Crippen molar-refractivity contribution in [2.24, 2.45) is 0 Å². The number of hydrogen-bond acceptors (Lipinski definition) is 6. The van der Waals surface area contributed by atoms with E-state index in [9.17, 15) is 9.90 Å². The largest absolute Gasteiger partial charge is 0.394 e. The molecule has 2 aliphatic heterocycles. The van der Waals surface area contributed by atoms with Crippen LogP contribution < -0.4 is 5.73 Å². The molecule has 3 N–H and O–H groups in total. The Bertz CT molecular complexity index is 1200. The number of aliphatic hydroxyl groups is 1. The van der Waals surface area contributed by atoms with E-state index in [2.05, 4.69) is 4.98 Å². The van der Waals surface area contributed by atoms with Crippen molar-refractivity contribution in [1.82, 2.24) is 14.9 Å². The summed E-state index contributed by atoms with van der Waals surface area (Å²) < 4.78 is 5.46. The standard InChI is InChI=1S/C25H25ClN4O3/c26-19-3-1-2-16(11-19)22(14-31)30-13-18-10-17(4-5-20(18)25(30)32)23-24(27)28-12-21(29-23)15-6-8-33-9-7-15/h1-5,10-12,15,22,31H,6-9,13-14H2,(H2,27,28). The van der Waals surface area contributed by atoms with E-state index < -0.39 is 6.04 Å². The van der Waals surface area contributed by atoms with Crippen LogP contribution in [0.4, 0.5) is 5.82 Å². The normalized spacial score (nSPS) is 17.3. The number of aromatic nitrogens is 2. The van der Waals surface area contributed by atoms with Crippen molar-refractivity contribution in [3.63, 3.8) is 0 Å². The third kappa shape index (κ3) is 4.19. The molecule has 0 saturated carbocycles. The minimum Gasteiger partial charge on any atom is -0.394 e. The zero-order valence-corrected chi connectivity index (χ0v) is 18.8.